The Morgan fingerprint density at radius 1 is 0.955 bits per heavy atom. The largest absolute Gasteiger partial charge is 0.324 e. The van der Waals surface area contributed by atoms with E-state index in [1.807, 2.05) is 38.1 Å². The lowest BCUT2D eigenvalue weighted by molar-refractivity contribution is -0.115. The van der Waals surface area contributed by atoms with Crippen molar-refractivity contribution in [2.24, 2.45) is 0 Å². The first-order chi connectivity index (χ1) is 10.7. The topological polar surface area (TPSA) is 41.1 Å². The van der Waals surface area contributed by atoms with E-state index < -0.39 is 0 Å². The van der Waals surface area contributed by atoms with Gasteiger partial charge in [-0.3, -0.25) is 4.79 Å². The van der Waals surface area contributed by atoms with Crippen LogP contribution in [0.1, 0.15) is 23.1 Å². The number of para-hydroxylation sites is 1. The first kappa shape index (κ1) is 16.2. The lowest BCUT2D eigenvalue weighted by atomic mass is 10.1. The molecule has 2 rings (SSSR count). The molecule has 22 heavy (non-hydrogen) atoms. The van der Waals surface area contributed by atoms with E-state index in [9.17, 15) is 4.79 Å². The summed E-state index contributed by atoms with van der Waals surface area (Å²) in [7, 11) is 0. The molecule has 0 aliphatic heterocycles. The molecule has 2 aromatic rings. The van der Waals surface area contributed by atoms with Gasteiger partial charge in [0.2, 0.25) is 5.91 Å². The molecular formula is C19H24N2O. The summed E-state index contributed by atoms with van der Waals surface area (Å²) in [6.07, 6.45) is 2.06. The van der Waals surface area contributed by atoms with Crippen molar-refractivity contribution in [3.8, 4) is 0 Å². The summed E-state index contributed by atoms with van der Waals surface area (Å²) in [6.45, 7) is 5.21. The number of hydrogen-bond donors (Lipinski definition) is 2. The average molecular weight is 296 g/mol. The molecule has 3 heteroatoms. The van der Waals surface area contributed by atoms with E-state index in [0.29, 0.717) is 6.54 Å². The first-order valence-electron chi connectivity index (χ1n) is 7.77. The Hall–Kier alpha value is -2.13. The number of aryl methyl sites for hydroxylation is 3. The molecule has 3 nitrogen and oxygen atoms in total. The van der Waals surface area contributed by atoms with Gasteiger partial charge >= 0.3 is 0 Å². The van der Waals surface area contributed by atoms with Crippen LogP contribution in [0.15, 0.2) is 48.5 Å². The second kappa shape index (κ2) is 8.35. The van der Waals surface area contributed by atoms with Gasteiger partial charge in [0.25, 0.3) is 0 Å². The van der Waals surface area contributed by atoms with Crippen molar-refractivity contribution in [2.45, 2.75) is 26.7 Å². The summed E-state index contributed by atoms with van der Waals surface area (Å²) in [6, 6.07) is 16.4. The number of amides is 1. The third-order valence-corrected chi connectivity index (χ3v) is 3.69. The summed E-state index contributed by atoms with van der Waals surface area (Å²) in [4.78, 5) is 12.0. The van der Waals surface area contributed by atoms with Gasteiger partial charge in [-0.05, 0) is 49.9 Å². The molecule has 2 aromatic carbocycles. The van der Waals surface area contributed by atoms with Crippen LogP contribution in [0.2, 0.25) is 0 Å². The molecule has 0 radical (unpaired) electrons. The van der Waals surface area contributed by atoms with Crippen LogP contribution in [0, 0.1) is 13.8 Å². The lowest BCUT2D eigenvalue weighted by Gasteiger charge is -2.11. The van der Waals surface area contributed by atoms with Gasteiger partial charge < -0.3 is 10.6 Å². The maximum Gasteiger partial charge on any atom is 0.238 e. The van der Waals surface area contributed by atoms with Crippen molar-refractivity contribution in [1.29, 1.82) is 0 Å². The van der Waals surface area contributed by atoms with E-state index in [4.69, 9.17) is 0 Å². The zero-order valence-corrected chi connectivity index (χ0v) is 13.4. The third-order valence-electron chi connectivity index (χ3n) is 3.69. The summed E-state index contributed by atoms with van der Waals surface area (Å²) in [5.41, 5.74) is 4.46. The Kier molecular flexibility index (Phi) is 6.16. The number of carbonyl (C=O) groups excluding carboxylic acids is 1. The fraction of sp³-hybridized carbons (Fsp3) is 0.316. The van der Waals surface area contributed by atoms with E-state index in [-0.39, 0.29) is 5.91 Å². The van der Waals surface area contributed by atoms with E-state index in [1.54, 1.807) is 0 Å². The molecule has 0 unspecified atom stereocenters. The lowest BCUT2D eigenvalue weighted by Crippen LogP contribution is -2.29. The van der Waals surface area contributed by atoms with Gasteiger partial charge in [0.05, 0.1) is 6.54 Å². The van der Waals surface area contributed by atoms with Crippen molar-refractivity contribution < 1.29 is 4.79 Å². The molecule has 0 saturated carbocycles. The average Bonchev–Trinajstić information content (AvgIpc) is 2.52. The summed E-state index contributed by atoms with van der Waals surface area (Å²) >= 11 is 0. The highest BCUT2D eigenvalue weighted by Gasteiger charge is 2.06. The van der Waals surface area contributed by atoms with Crippen LogP contribution >= 0.6 is 0 Å². The quantitative estimate of drug-likeness (QED) is 0.768. The van der Waals surface area contributed by atoms with Crippen molar-refractivity contribution in [2.75, 3.05) is 18.4 Å². The molecule has 0 bridgehead atoms. The Bertz CT molecular complexity index is 588. The minimum Gasteiger partial charge on any atom is -0.324 e. The van der Waals surface area contributed by atoms with E-state index in [1.165, 1.54) is 5.56 Å². The second-order valence-electron chi connectivity index (χ2n) is 5.58. The van der Waals surface area contributed by atoms with Gasteiger partial charge in [-0.2, -0.15) is 0 Å². The van der Waals surface area contributed by atoms with Crippen molar-refractivity contribution in [3.63, 3.8) is 0 Å². The van der Waals surface area contributed by atoms with Crippen LogP contribution in [-0.4, -0.2) is 19.0 Å². The zero-order valence-electron chi connectivity index (χ0n) is 13.4. The molecule has 1 amide bonds. The predicted molar refractivity (Wildman–Crippen MR) is 92.2 cm³/mol. The number of anilines is 1. The fourth-order valence-corrected chi connectivity index (χ4v) is 2.46. The molecule has 0 aromatic heterocycles. The molecule has 0 heterocycles. The number of carbonyl (C=O) groups is 1. The van der Waals surface area contributed by atoms with Gasteiger partial charge in [0.15, 0.2) is 0 Å². The van der Waals surface area contributed by atoms with Crippen molar-refractivity contribution in [1.82, 2.24) is 5.32 Å². The summed E-state index contributed by atoms with van der Waals surface area (Å²) < 4.78 is 0. The molecule has 0 saturated heterocycles. The normalized spacial score (nSPS) is 10.5. The van der Waals surface area contributed by atoms with Crippen molar-refractivity contribution >= 4 is 11.6 Å². The SMILES string of the molecule is Cc1cccc(C)c1NC(=O)CNCCCc1ccccc1. The standard InChI is InChI=1S/C19H24N2O/c1-15-8-6-9-16(2)19(15)21-18(22)14-20-13-7-12-17-10-4-3-5-11-17/h3-6,8-11,20H,7,12-14H2,1-2H3,(H,21,22). The molecular weight excluding hydrogens is 272 g/mol. The number of benzene rings is 2. The van der Waals surface area contributed by atoms with E-state index >= 15 is 0 Å². The minimum absolute atomic E-state index is 0.0112. The Morgan fingerprint density at radius 2 is 1.64 bits per heavy atom. The maximum atomic E-state index is 12.0. The van der Waals surface area contributed by atoms with Crippen LogP contribution in [0.25, 0.3) is 0 Å². The number of hydrogen-bond acceptors (Lipinski definition) is 2. The van der Waals surface area contributed by atoms with E-state index in [0.717, 1.165) is 36.2 Å². The fourth-order valence-electron chi connectivity index (χ4n) is 2.46. The van der Waals surface area contributed by atoms with Gasteiger partial charge in [0, 0.05) is 5.69 Å². The van der Waals surface area contributed by atoms with Crippen LogP contribution in [-0.2, 0) is 11.2 Å². The zero-order chi connectivity index (χ0) is 15.8. The van der Waals surface area contributed by atoms with Gasteiger partial charge in [-0.1, -0.05) is 48.5 Å². The monoisotopic (exact) mass is 296 g/mol. The van der Waals surface area contributed by atoms with Crippen LogP contribution in [0.4, 0.5) is 5.69 Å². The second-order valence-corrected chi connectivity index (χ2v) is 5.58. The Balaban J connectivity index is 1.68. The highest BCUT2D eigenvalue weighted by molar-refractivity contribution is 5.93. The molecule has 2 N–H and O–H groups in total. The van der Waals surface area contributed by atoms with Crippen LogP contribution in [0.3, 0.4) is 0 Å². The number of nitrogens with one attached hydrogen (secondary N) is 2. The minimum atomic E-state index is 0.0112. The maximum absolute atomic E-state index is 12.0. The molecule has 0 fully saturated rings. The Labute approximate surface area is 132 Å². The highest BCUT2D eigenvalue weighted by Crippen LogP contribution is 2.18. The first-order valence-corrected chi connectivity index (χ1v) is 7.77. The summed E-state index contributed by atoms with van der Waals surface area (Å²) in [5.74, 6) is 0.0112. The molecule has 0 aliphatic carbocycles. The predicted octanol–water partition coefficient (Wildman–Crippen LogP) is 3.46. The molecule has 0 aliphatic rings. The summed E-state index contributed by atoms with van der Waals surface area (Å²) in [5, 5.41) is 6.19. The molecule has 0 atom stereocenters. The van der Waals surface area contributed by atoms with Gasteiger partial charge in [-0.25, -0.2) is 0 Å². The highest BCUT2D eigenvalue weighted by atomic mass is 16.1. The van der Waals surface area contributed by atoms with E-state index in [2.05, 4.69) is 34.9 Å². The van der Waals surface area contributed by atoms with Crippen molar-refractivity contribution in [3.05, 3.63) is 65.2 Å². The van der Waals surface area contributed by atoms with Crippen LogP contribution in [0.5, 0.6) is 0 Å². The molecule has 0 spiro atoms. The van der Waals surface area contributed by atoms with Gasteiger partial charge in [0.1, 0.15) is 0 Å². The number of rotatable bonds is 7. The van der Waals surface area contributed by atoms with Crippen LogP contribution < -0.4 is 10.6 Å². The Morgan fingerprint density at radius 3 is 2.32 bits per heavy atom. The smallest absolute Gasteiger partial charge is 0.238 e. The molecule has 116 valence electrons. The third kappa shape index (κ3) is 5.01. The van der Waals surface area contributed by atoms with Gasteiger partial charge in [-0.15, -0.1) is 0 Å².